The van der Waals surface area contributed by atoms with Crippen LogP contribution in [-0.4, -0.2) is 0 Å². The number of hydrogen-bond donors (Lipinski definition) is 0. The molecular weight excluding hydrogens is 288 g/mol. The van der Waals surface area contributed by atoms with Crippen LogP contribution in [0.1, 0.15) is 113 Å². The molecule has 0 saturated heterocycles. The van der Waals surface area contributed by atoms with E-state index in [9.17, 15) is 0 Å². The van der Waals surface area contributed by atoms with Gasteiger partial charge in [0.1, 0.15) is 0 Å². The summed E-state index contributed by atoms with van der Waals surface area (Å²) in [5.74, 6) is 5.41. The van der Waals surface area contributed by atoms with Crippen LogP contribution in [0.25, 0.3) is 0 Å². The Kier molecular flexibility index (Phi) is 9.39. The Balaban J connectivity index is 2.87. The van der Waals surface area contributed by atoms with E-state index in [-0.39, 0.29) is 0 Å². The minimum absolute atomic E-state index is 0.531. The molecule has 0 aliphatic heterocycles. The van der Waals surface area contributed by atoms with Gasteiger partial charge in [-0.1, -0.05) is 93.9 Å². The van der Waals surface area contributed by atoms with E-state index < -0.39 is 0 Å². The maximum atomic E-state index is 2.56. The first-order valence-corrected chi connectivity index (χ1v) is 11.2. The fourth-order valence-corrected chi connectivity index (χ4v) is 5.19. The third kappa shape index (κ3) is 6.38. The predicted molar refractivity (Wildman–Crippen MR) is 110 cm³/mol. The maximum absolute atomic E-state index is 2.56. The Morgan fingerprint density at radius 2 is 1.62 bits per heavy atom. The summed E-state index contributed by atoms with van der Waals surface area (Å²) >= 11 is 0. The van der Waals surface area contributed by atoms with Gasteiger partial charge in [0.05, 0.1) is 0 Å². The molecule has 1 rings (SSSR count). The lowest BCUT2D eigenvalue weighted by Crippen LogP contribution is -2.28. The molecule has 1 aliphatic carbocycles. The summed E-state index contributed by atoms with van der Waals surface area (Å²) in [5, 5.41) is 0. The third-order valence-electron chi connectivity index (χ3n) is 8.17. The smallest absolute Gasteiger partial charge is 0.0303 e. The average Bonchev–Trinajstić information content (AvgIpc) is 2.55. The van der Waals surface area contributed by atoms with Crippen molar-refractivity contribution in [3.8, 4) is 0 Å². The zero-order valence-electron chi connectivity index (χ0n) is 18.3. The Bertz CT molecular complexity index is 331. The molecule has 144 valence electrons. The summed E-state index contributed by atoms with van der Waals surface area (Å²) in [6.45, 7) is 19.9. The van der Waals surface area contributed by atoms with E-state index in [0.29, 0.717) is 5.41 Å². The molecule has 0 radical (unpaired) electrons. The van der Waals surface area contributed by atoms with Crippen molar-refractivity contribution in [1.82, 2.24) is 0 Å². The Morgan fingerprint density at radius 1 is 0.958 bits per heavy atom. The molecular formula is C24H48. The lowest BCUT2D eigenvalue weighted by atomic mass is 9.67. The molecule has 0 aromatic rings. The van der Waals surface area contributed by atoms with Gasteiger partial charge in [0.2, 0.25) is 0 Å². The molecule has 1 saturated carbocycles. The SMILES string of the molecule is CCC1CCC(C)CCCC(CC(C)(CC)C(C)C)CC(C)C1C. The molecule has 24 heavy (non-hydrogen) atoms. The van der Waals surface area contributed by atoms with Crippen LogP contribution in [-0.2, 0) is 0 Å². The minimum Gasteiger partial charge on any atom is -0.0651 e. The van der Waals surface area contributed by atoms with Crippen molar-refractivity contribution in [3.63, 3.8) is 0 Å². The molecule has 6 atom stereocenters. The van der Waals surface area contributed by atoms with Crippen molar-refractivity contribution in [1.29, 1.82) is 0 Å². The summed E-state index contributed by atoms with van der Waals surface area (Å²) in [6.07, 6.45) is 12.9. The molecule has 0 amide bonds. The average molecular weight is 337 g/mol. The van der Waals surface area contributed by atoms with E-state index in [2.05, 4.69) is 55.4 Å². The lowest BCUT2D eigenvalue weighted by molar-refractivity contribution is 0.124. The molecule has 6 unspecified atom stereocenters. The fourth-order valence-electron chi connectivity index (χ4n) is 5.19. The van der Waals surface area contributed by atoms with Crippen LogP contribution in [0.15, 0.2) is 0 Å². The van der Waals surface area contributed by atoms with Gasteiger partial charge in [-0.15, -0.1) is 0 Å². The molecule has 0 spiro atoms. The molecule has 0 heterocycles. The highest BCUT2D eigenvalue weighted by atomic mass is 14.4. The van der Waals surface area contributed by atoms with Crippen LogP contribution < -0.4 is 0 Å². The zero-order chi connectivity index (χ0) is 18.3. The minimum atomic E-state index is 0.531. The van der Waals surface area contributed by atoms with Crippen LogP contribution >= 0.6 is 0 Å². The van der Waals surface area contributed by atoms with Crippen LogP contribution in [0.3, 0.4) is 0 Å². The third-order valence-corrected chi connectivity index (χ3v) is 8.17. The summed E-state index contributed by atoms with van der Waals surface area (Å²) in [4.78, 5) is 0. The van der Waals surface area contributed by atoms with E-state index in [1.165, 1.54) is 57.8 Å². The van der Waals surface area contributed by atoms with Crippen molar-refractivity contribution in [2.45, 2.75) is 113 Å². The van der Waals surface area contributed by atoms with Gasteiger partial charge in [-0.05, 0) is 60.2 Å². The Morgan fingerprint density at radius 3 is 2.17 bits per heavy atom. The van der Waals surface area contributed by atoms with Crippen molar-refractivity contribution in [3.05, 3.63) is 0 Å². The van der Waals surface area contributed by atoms with Crippen LogP contribution in [0.4, 0.5) is 0 Å². The monoisotopic (exact) mass is 336 g/mol. The molecule has 1 fully saturated rings. The predicted octanol–water partition coefficient (Wildman–Crippen LogP) is 8.35. The molecule has 0 aromatic carbocycles. The highest BCUT2D eigenvalue weighted by Gasteiger charge is 2.32. The fraction of sp³-hybridized carbons (Fsp3) is 1.00. The topological polar surface area (TPSA) is 0 Å². The van der Waals surface area contributed by atoms with E-state index in [1.54, 1.807) is 0 Å². The molecule has 0 aromatic heterocycles. The maximum Gasteiger partial charge on any atom is -0.0303 e. The van der Waals surface area contributed by atoms with Crippen molar-refractivity contribution >= 4 is 0 Å². The summed E-state index contributed by atoms with van der Waals surface area (Å²) in [7, 11) is 0. The Hall–Kier alpha value is 0. The van der Waals surface area contributed by atoms with Crippen molar-refractivity contribution in [2.24, 2.45) is 40.9 Å². The van der Waals surface area contributed by atoms with Crippen molar-refractivity contribution < 1.29 is 0 Å². The normalized spacial score (nSPS) is 36.1. The first-order chi connectivity index (χ1) is 11.2. The van der Waals surface area contributed by atoms with Gasteiger partial charge in [-0.2, -0.15) is 0 Å². The summed E-state index contributed by atoms with van der Waals surface area (Å²) < 4.78 is 0. The number of rotatable bonds is 5. The standard InChI is InChI=1S/C24H48/c1-9-23-15-14-19(5)12-11-13-22(16-20(6)21(23)7)17-24(8,10-2)18(3)4/h18-23H,9-17H2,1-8H3. The first kappa shape index (κ1) is 22.0. The van der Waals surface area contributed by atoms with Gasteiger partial charge in [0.25, 0.3) is 0 Å². The quantitative estimate of drug-likeness (QED) is 0.473. The van der Waals surface area contributed by atoms with Gasteiger partial charge >= 0.3 is 0 Å². The molecule has 0 heteroatoms. The number of hydrogen-bond acceptors (Lipinski definition) is 0. The zero-order valence-corrected chi connectivity index (χ0v) is 18.3. The lowest BCUT2D eigenvalue weighted by Gasteiger charge is -2.38. The molecule has 0 bridgehead atoms. The van der Waals surface area contributed by atoms with Gasteiger partial charge in [0, 0.05) is 0 Å². The van der Waals surface area contributed by atoms with E-state index in [4.69, 9.17) is 0 Å². The van der Waals surface area contributed by atoms with Crippen LogP contribution in [0.2, 0.25) is 0 Å². The largest absolute Gasteiger partial charge is 0.0651 e. The highest BCUT2D eigenvalue weighted by molar-refractivity contribution is 4.83. The van der Waals surface area contributed by atoms with Gasteiger partial charge < -0.3 is 0 Å². The molecule has 0 nitrogen and oxygen atoms in total. The first-order valence-electron chi connectivity index (χ1n) is 11.2. The van der Waals surface area contributed by atoms with Crippen LogP contribution in [0.5, 0.6) is 0 Å². The van der Waals surface area contributed by atoms with Crippen molar-refractivity contribution in [2.75, 3.05) is 0 Å². The van der Waals surface area contributed by atoms with Gasteiger partial charge in [-0.3, -0.25) is 0 Å². The second kappa shape index (κ2) is 10.2. The van der Waals surface area contributed by atoms with E-state index in [0.717, 1.165) is 35.5 Å². The van der Waals surface area contributed by atoms with E-state index in [1.807, 2.05) is 0 Å². The van der Waals surface area contributed by atoms with Crippen LogP contribution in [0, 0.1) is 40.9 Å². The highest BCUT2D eigenvalue weighted by Crippen LogP contribution is 2.43. The Labute approximate surface area is 154 Å². The second-order valence-corrected chi connectivity index (χ2v) is 10.1. The molecule has 1 aliphatic rings. The van der Waals surface area contributed by atoms with Gasteiger partial charge in [0.15, 0.2) is 0 Å². The summed E-state index contributed by atoms with van der Waals surface area (Å²) in [5.41, 5.74) is 0.531. The summed E-state index contributed by atoms with van der Waals surface area (Å²) in [6, 6.07) is 0. The van der Waals surface area contributed by atoms with E-state index >= 15 is 0 Å². The second-order valence-electron chi connectivity index (χ2n) is 10.1. The van der Waals surface area contributed by atoms with Gasteiger partial charge in [-0.25, -0.2) is 0 Å². The molecule has 0 N–H and O–H groups in total.